The van der Waals surface area contributed by atoms with E-state index in [1.165, 1.54) is 6.26 Å². The zero-order chi connectivity index (χ0) is 11.2. The van der Waals surface area contributed by atoms with E-state index in [0.29, 0.717) is 18.7 Å². The van der Waals surface area contributed by atoms with Crippen molar-refractivity contribution in [3.05, 3.63) is 54.2 Å². The van der Waals surface area contributed by atoms with Crippen molar-refractivity contribution in [2.24, 2.45) is 0 Å². The van der Waals surface area contributed by atoms with Gasteiger partial charge in [0.25, 0.3) is 5.91 Å². The summed E-state index contributed by atoms with van der Waals surface area (Å²) in [7, 11) is 0. The van der Waals surface area contributed by atoms with Crippen LogP contribution >= 0.6 is 0 Å². The van der Waals surface area contributed by atoms with Crippen LogP contribution in [0.3, 0.4) is 0 Å². The first-order valence-electron chi connectivity index (χ1n) is 5.08. The Bertz CT molecular complexity index is 437. The number of nitrogens with one attached hydrogen (secondary N) is 1. The second kappa shape index (κ2) is 5.11. The Kier molecular flexibility index (Phi) is 3.33. The van der Waals surface area contributed by atoms with E-state index in [9.17, 15) is 4.79 Å². The van der Waals surface area contributed by atoms with Crippen molar-refractivity contribution in [1.82, 2.24) is 10.3 Å². The van der Waals surface area contributed by atoms with Crippen LogP contribution < -0.4 is 5.32 Å². The number of nitrogens with zero attached hydrogens (tertiary/aromatic N) is 1. The molecule has 2 rings (SSSR count). The lowest BCUT2D eigenvalue weighted by molar-refractivity contribution is 0.0926. The Balaban J connectivity index is 1.79. The van der Waals surface area contributed by atoms with Gasteiger partial charge in [-0.2, -0.15) is 0 Å². The highest BCUT2D eigenvalue weighted by atomic mass is 16.3. The van der Waals surface area contributed by atoms with Gasteiger partial charge < -0.3 is 9.73 Å². The number of pyridine rings is 1. The van der Waals surface area contributed by atoms with Crippen molar-refractivity contribution >= 4 is 5.91 Å². The molecule has 4 nitrogen and oxygen atoms in total. The van der Waals surface area contributed by atoms with Gasteiger partial charge >= 0.3 is 0 Å². The molecule has 0 aliphatic rings. The predicted molar refractivity (Wildman–Crippen MR) is 59.0 cm³/mol. The molecule has 2 aromatic rings. The Labute approximate surface area is 93.3 Å². The summed E-state index contributed by atoms with van der Waals surface area (Å²) >= 11 is 0. The fourth-order valence-electron chi connectivity index (χ4n) is 1.34. The highest BCUT2D eigenvalue weighted by Gasteiger charge is 2.06. The Morgan fingerprint density at radius 3 is 2.94 bits per heavy atom. The topological polar surface area (TPSA) is 55.1 Å². The molecule has 0 aliphatic heterocycles. The summed E-state index contributed by atoms with van der Waals surface area (Å²) in [6.45, 7) is 0.552. The van der Waals surface area contributed by atoms with Crippen LogP contribution in [-0.2, 0) is 6.42 Å². The molecule has 1 N–H and O–H groups in total. The van der Waals surface area contributed by atoms with Gasteiger partial charge in [0, 0.05) is 24.9 Å². The van der Waals surface area contributed by atoms with E-state index in [-0.39, 0.29) is 5.91 Å². The van der Waals surface area contributed by atoms with Crippen LogP contribution in [0.5, 0.6) is 0 Å². The molecular formula is C12H12N2O2. The third-order valence-electron chi connectivity index (χ3n) is 2.14. The lowest BCUT2D eigenvalue weighted by atomic mass is 10.2. The van der Waals surface area contributed by atoms with E-state index in [1.807, 2.05) is 18.2 Å². The van der Waals surface area contributed by atoms with E-state index in [1.54, 1.807) is 18.3 Å². The minimum absolute atomic E-state index is 0.194. The molecule has 0 bridgehead atoms. The summed E-state index contributed by atoms with van der Waals surface area (Å²) in [5.41, 5.74) is 0.960. The molecule has 0 atom stereocenters. The second-order valence-electron chi connectivity index (χ2n) is 3.30. The number of hydrogen-bond donors (Lipinski definition) is 1. The lowest BCUT2D eigenvalue weighted by Gasteiger charge is -2.02. The van der Waals surface area contributed by atoms with Crippen molar-refractivity contribution in [3.63, 3.8) is 0 Å². The number of hydrogen-bond acceptors (Lipinski definition) is 3. The molecule has 0 spiro atoms. The Hall–Kier alpha value is -2.10. The van der Waals surface area contributed by atoms with Crippen LogP contribution in [0.2, 0.25) is 0 Å². The monoisotopic (exact) mass is 216 g/mol. The van der Waals surface area contributed by atoms with Gasteiger partial charge in [0.05, 0.1) is 6.26 Å². The van der Waals surface area contributed by atoms with Gasteiger partial charge in [-0.25, -0.2) is 0 Å². The average molecular weight is 216 g/mol. The van der Waals surface area contributed by atoms with Crippen LogP contribution in [-0.4, -0.2) is 17.4 Å². The molecule has 0 aliphatic carbocycles. The second-order valence-corrected chi connectivity index (χ2v) is 3.30. The van der Waals surface area contributed by atoms with Crippen molar-refractivity contribution in [1.29, 1.82) is 0 Å². The standard InChI is InChI=1S/C12H12N2O2/c15-12(11-5-3-9-16-11)14-8-6-10-4-1-2-7-13-10/h1-5,7,9H,6,8H2,(H,14,15). The van der Waals surface area contributed by atoms with Crippen molar-refractivity contribution < 1.29 is 9.21 Å². The quantitative estimate of drug-likeness (QED) is 0.845. The molecule has 0 saturated carbocycles. The summed E-state index contributed by atoms with van der Waals surface area (Å²) in [5, 5.41) is 2.76. The van der Waals surface area contributed by atoms with Gasteiger partial charge in [-0.1, -0.05) is 6.07 Å². The van der Waals surface area contributed by atoms with Crippen LogP contribution in [0.25, 0.3) is 0 Å². The summed E-state index contributed by atoms with van der Waals surface area (Å²) < 4.78 is 4.97. The summed E-state index contributed by atoms with van der Waals surface area (Å²) in [4.78, 5) is 15.6. The summed E-state index contributed by atoms with van der Waals surface area (Å²) in [5.74, 6) is 0.141. The van der Waals surface area contributed by atoms with Gasteiger partial charge in [-0.05, 0) is 24.3 Å². The first-order chi connectivity index (χ1) is 7.86. The fourth-order valence-corrected chi connectivity index (χ4v) is 1.34. The highest BCUT2D eigenvalue weighted by Crippen LogP contribution is 1.99. The molecule has 2 aromatic heterocycles. The average Bonchev–Trinajstić information content (AvgIpc) is 2.84. The van der Waals surface area contributed by atoms with Crippen LogP contribution in [0, 0.1) is 0 Å². The molecule has 0 saturated heterocycles. The van der Waals surface area contributed by atoms with Crippen LogP contribution in [0.15, 0.2) is 47.2 Å². The molecular weight excluding hydrogens is 204 g/mol. The first kappa shape index (κ1) is 10.4. The minimum Gasteiger partial charge on any atom is -0.459 e. The number of carbonyl (C=O) groups excluding carboxylic acids is 1. The summed E-state index contributed by atoms with van der Waals surface area (Å²) in [6, 6.07) is 9.05. The number of furan rings is 1. The highest BCUT2D eigenvalue weighted by molar-refractivity contribution is 5.91. The normalized spacial score (nSPS) is 10.0. The fraction of sp³-hybridized carbons (Fsp3) is 0.167. The van der Waals surface area contributed by atoms with Crippen molar-refractivity contribution in [2.75, 3.05) is 6.54 Å². The van der Waals surface area contributed by atoms with Crippen molar-refractivity contribution in [2.45, 2.75) is 6.42 Å². The maximum Gasteiger partial charge on any atom is 0.286 e. The maximum absolute atomic E-state index is 11.5. The number of rotatable bonds is 4. The van der Waals surface area contributed by atoms with E-state index in [2.05, 4.69) is 10.3 Å². The van der Waals surface area contributed by atoms with Crippen molar-refractivity contribution in [3.8, 4) is 0 Å². The van der Waals surface area contributed by atoms with Gasteiger partial charge in [0.2, 0.25) is 0 Å². The zero-order valence-electron chi connectivity index (χ0n) is 8.72. The smallest absolute Gasteiger partial charge is 0.286 e. The molecule has 1 amide bonds. The molecule has 0 aromatic carbocycles. The minimum atomic E-state index is -0.194. The number of amides is 1. The largest absolute Gasteiger partial charge is 0.459 e. The van der Waals surface area contributed by atoms with Gasteiger partial charge in [-0.3, -0.25) is 9.78 Å². The lowest BCUT2D eigenvalue weighted by Crippen LogP contribution is -2.25. The van der Waals surface area contributed by atoms with E-state index >= 15 is 0 Å². The SMILES string of the molecule is O=C(NCCc1ccccn1)c1ccco1. The molecule has 16 heavy (non-hydrogen) atoms. The molecule has 0 unspecified atom stereocenters. The van der Waals surface area contributed by atoms with Gasteiger partial charge in [0.15, 0.2) is 5.76 Å². The van der Waals surface area contributed by atoms with Gasteiger partial charge in [-0.15, -0.1) is 0 Å². The first-order valence-corrected chi connectivity index (χ1v) is 5.08. The Morgan fingerprint density at radius 1 is 1.31 bits per heavy atom. The molecule has 0 radical (unpaired) electrons. The molecule has 82 valence electrons. The summed E-state index contributed by atoms with van der Waals surface area (Å²) in [6.07, 6.45) is 3.94. The third kappa shape index (κ3) is 2.70. The van der Waals surface area contributed by atoms with Crippen LogP contribution in [0.1, 0.15) is 16.2 Å². The molecule has 0 fully saturated rings. The van der Waals surface area contributed by atoms with E-state index in [0.717, 1.165) is 5.69 Å². The Morgan fingerprint density at radius 2 is 2.25 bits per heavy atom. The maximum atomic E-state index is 11.5. The van der Waals surface area contributed by atoms with Gasteiger partial charge in [0.1, 0.15) is 0 Å². The molecule has 2 heterocycles. The number of aromatic nitrogens is 1. The predicted octanol–water partition coefficient (Wildman–Crippen LogP) is 1.65. The van der Waals surface area contributed by atoms with Crippen LogP contribution in [0.4, 0.5) is 0 Å². The zero-order valence-corrected chi connectivity index (χ0v) is 8.72. The number of carbonyl (C=O) groups is 1. The van der Waals surface area contributed by atoms with E-state index < -0.39 is 0 Å². The third-order valence-corrected chi connectivity index (χ3v) is 2.14. The molecule has 4 heteroatoms. The van der Waals surface area contributed by atoms with E-state index in [4.69, 9.17) is 4.42 Å².